The first kappa shape index (κ1) is 20.6. The lowest BCUT2D eigenvalue weighted by Crippen LogP contribution is -2.40. The summed E-state index contributed by atoms with van der Waals surface area (Å²) in [5.41, 5.74) is 1.85. The number of nitrogens with zero attached hydrogens (tertiary/aromatic N) is 1. The van der Waals surface area contributed by atoms with Crippen LogP contribution in [0.2, 0.25) is 0 Å². The molecule has 3 rings (SSSR count). The topological polar surface area (TPSA) is 75.7 Å². The van der Waals surface area contributed by atoms with Gasteiger partial charge in [0, 0.05) is 11.1 Å². The number of nitrogens with one attached hydrogen (secondary N) is 1. The summed E-state index contributed by atoms with van der Waals surface area (Å²) < 4.78 is 5.35. The Bertz CT molecular complexity index is 965. The van der Waals surface area contributed by atoms with E-state index >= 15 is 0 Å². The van der Waals surface area contributed by atoms with Gasteiger partial charge >= 0.3 is 6.03 Å². The Balaban J connectivity index is 1.91. The first-order valence-corrected chi connectivity index (χ1v) is 9.59. The highest BCUT2D eigenvalue weighted by atomic mass is 16.5. The normalized spacial score (nSPS) is 18.9. The van der Waals surface area contributed by atoms with Gasteiger partial charge in [0.2, 0.25) is 0 Å². The minimum Gasteiger partial charge on any atom is -0.496 e. The molecule has 152 valence electrons. The number of Topliss-reactive ketones (excluding diaryl/α,β-unsaturated/α-hetero) is 1. The second-order valence-electron chi connectivity index (χ2n) is 7.81. The average Bonchev–Trinajstić information content (AvgIpc) is 2.92. The van der Waals surface area contributed by atoms with E-state index in [2.05, 4.69) is 19.2 Å². The smallest absolute Gasteiger partial charge is 0.325 e. The molecule has 0 radical (unpaired) electrons. The molecule has 0 aliphatic carbocycles. The SMILES string of the molecule is COc1ccc(C(C)=O)cc1CN1C(=O)N[C@](C)(c2ccc(C(C)C)cc2)C1=O. The number of ether oxygens (including phenoxy) is 1. The monoisotopic (exact) mass is 394 g/mol. The van der Waals surface area contributed by atoms with Crippen molar-refractivity contribution in [3.63, 3.8) is 0 Å². The molecule has 2 aromatic carbocycles. The third kappa shape index (κ3) is 3.75. The summed E-state index contributed by atoms with van der Waals surface area (Å²) in [5.74, 6) is 0.463. The number of hydrogen-bond donors (Lipinski definition) is 1. The molecule has 2 aromatic rings. The molecule has 29 heavy (non-hydrogen) atoms. The van der Waals surface area contributed by atoms with Gasteiger partial charge in [0.15, 0.2) is 5.78 Å². The fraction of sp³-hybridized carbons (Fsp3) is 0.348. The summed E-state index contributed by atoms with van der Waals surface area (Å²) in [6.07, 6.45) is 0. The van der Waals surface area contributed by atoms with Gasteiger partial charge in [-0.05, 0) is 49.1 Å². The van der Waals surface area contributed by atoms with Crippen molar-refractivity contribution in [3.8, 4) is 5.75 Å². The molecule has 0 unspecified atom stereocenters. The van der Waals surface area contributed by atoms with Crippen molar-refractivity contribution in [1.82, 2.24) is 10.2 Å². The maximum absolute atomic E-state index is 13.2. The van der Waals surface area contributed by atoms with Crippen molar-refractivity contribution < 1.29 is 19.1 Å². The zero-order valence-corrected chi connectivity index (χ0v) is 17.4. The van der Waals surface area contributed by atoms with E-state index in [9.17, 15) is 14.4 Å². The van der Waals surface area contributed by atoms with E-state index in [0.29, 0.717) is 22.8 Å². The minimum atomic E-state index is -1.14. The van der Waals surface area contributed by atoms with E-state index in [1.54, 1.807) is 25.1 Å². The molecule has 0 aromatic heterocycles. The molecule has 1 aliphatic heterocycles. The number of urea groups is 1. The number of rotatable bonds is 6. The largest absolute Gasteiger partial charge is 0.496 e. The highest BCUT2D eigenvalue weighted by Gasteiger charge is 2.49. The molecular weight excluding hydrogens is 368 g/mol. The van der Waals surface area contributed by atoms with E-state index in [1.807, 2.05) is 24.3 Å². The lowest BCUT2D eigenvalue weighted by Gasteiger charge is -2.23. The van der Waals surface area contributed by atoms with Crippen LogP contribution in [0.25, 0.3) is 0 Å². The molecule has 0 spiro atoms. The van der Waals surface area contributed by atoms with Gasteiger partial charge in [-0.1, -0.05) is 38.1 Å². The number of methoxy groups -OCH3 is 1. The lowest BCUT2D eigenvalue weighted by molar-refractivity contribution is -0.131. The number of amides is 3. The average molecular weight is 394 g/mol. The van der Waals surface area contributed by atoms with Gasteiger partial charge in [-0.3, -0.25) is 14.5 Å². The molecular formula is C23H26N2O4. The first-order valence-electron chi connectivity index (χ1n) is 9.59. The molecule has 1 atom stereocenters. The molecule has 6 nitrogen and oxygen atoms in total. The van der Waals surface area contributed by atoms with Crippen LogP contribution >= 0.6 is 0 Å². The van der Waals surface area contributed by atoms with E-state index in [0.717, 1.165) is 16.0 Å². The third-order valence-corrected chi connectivity index (χ3v) is 5.45. The van der Waals surface area contributed by atoms with Gasteiger partial charge in [-0.25, -0.2) is 4.79 Å². The second kappa shape index (κ2) is 7.70. The van der Waals surface area contributed by atoms with Crippen LogP contribution in [0, 0.1) is 0 Å². The summed E-state index contributed by atoms with van der Waals surface area (Å²) in [6, 6.07) is 12.3. The van der Waals surface area contributed by atoms with Crippen molar-refractivity contribution >= 4 is 17.7 Å². The summed E-state index contributed by atoms with van der Waals surface area (Å²) >= 11 is 0. The molecule has 0 saturated carbocycles. The second-order valence-corrected chi connectivity index (χ2v) is 7.81. The molecule has 1 fully saturated rings. The Kier molecular flexibility index (Phi) is 5.46. The fourth-order valence-corrected chi connectivity index (χ4v) is 3.53. The van der Waals surface area contributed by atoms with Crippen molar-refractivity contribution in [2.45, 2.75) is 45.7 Å². The highest BCUT2D eigenvalue weighted by molar-refractivity contribution is 6.07. The Morgan fingerprint density at radius 3 is 2.34 bits per heavy atom. The van der Waals surface area contributed by atoms with Crippen LogP contribution in [-0.2, 0) is 16.9 Å². The van der Waals surface area contributed by atoms with E-state index in [-0.39, 0.29) is 18.2 Å². The Labute approximate surface area is 170 Å². The van der Waals surface area contributed by atoms with Gasteiger partial charge in [0.05, 0.1) is 13.7 Å². The maximum atomic E-state index is 13.2. The quantitative estimate of drug-likeness (QED) is 0.594. The number of carbonyl (C=O) groups is 3. The first-order chi connectivity index (χ1) is 13.7. The van der Waals surface area contributed by atoms with Gasteiger partial charge in [0.25, 0.3) is 5.91 Å². The van der Waals surface area contributed by atoms with Crippen molar-refractivity contribution in [3.05, 3.63) is 64.7 Å². The number of benzene rings is 2. The number of ketones is 1. The minimum absolute atomic E-state index is 0.0224. The molecule has 1 heterocycles. The predicted molar refractivity (Wildman–Crippen MR) is 110 cm³/mol. The third-order valence-electron chi connectivity index (χ3n) is 5.45. The number of hydrogen-bond acceptors (Lipinski definition) is 4. The maximum Gasteiger partial charge on any atom is 0.325 e. The van der Waals surface area contributed by atoms with Crippen LogP contribution in [0.4, 0.5) is 4.79 Å². The van der Waals surface area contributed by atoms with Crippen LogP contribution < -0.4 is 10.1 Å². The van der Waals surface area contributed by atoms with E-state index < -0.39 is 11.6 Å². The molecule has 1 N–H and O–H groups in total. The van der Waals surface area contributed by atoms with E-state index in [4.69, 9.17) is 4.74 Å². The number of imide groups is 1. The summed E-state index contributed by atoms with van der Waals surface area (Å²) in [5, 5.41) is 2.82. The van der Waals surface area contributed by atoms with Gasteiger partial charge in [0.1, 0.15) is 11.3 Å². The van der Waals surface area contributed by atoms with E-state index in [1.165, 1.54) is 14.0 Å². The molecule has 1 saturated heterocycles. The zero-order valence-electron chi connectivity index (χ0n) is 17.4. The zero-order chi connectivity index (χ0) is 21.3. The van der Waals surface area contributed by atoms with Gasteiger partial charge in [-0.15, -0.1) is 0 Å². The van der Waals surface area contributed by atoms with Crippen LogP contribution in [0.3, 0.4) is 0 Å². The van der Waals surface area contributed by atoms with Crippen molar-refractivity contribution in [1.29, 1.82) is 0 Å². The summed E-state index contributed by atoms with van der Waals surface area (Å²) in [7, 11) is 1.51. The molecule has 6 heteroatoms. The van der Waals surface area contributed by atoms with Crippen LogP contribution in [0.15, 0.2) is 42.5 Å². The fourth-order valence-electron chi connectivity index (χ4n) is 3.53. The molecule has 3 amide bonds. The summed E-state index contributed by atoms with van der Waals surface area (Å²) in [4.78, 5) is 38.8. The Hall–Kier alpha value is -3.15. The Morgan fingerprint density at radius 1 is 1.14 bits per heavy atom. The van der Waals surface area contributed by atoms with Crippen molar-refractivity contribution in [2.24, 2.45) is 0 Å². The van der Waals surface area contributed by atoms with Gasteiger partial charge in [-0.2, -0.15) is 0 Å². The van der Waals surface area contributed by atoms with Crippen LogP contribution in [0.5, 0.6) is 5.75 Å². The number of carbonyl (C=O) groups excluding carboxylic acids is 3. The van der Waals surface area contributed by atoms with Crippen molar-refractivity contribution in [2.75, 3.05) is 7.11 Å². The highest BCUT2D eigenvalue weighted by Crippen LogP contribution is 2.32. The van der Waals surface area contributed by atoms with Crippen LogP contribution in [-0.4, -0.2) is 29.7 Å². The Morgan fingerprint density at radius 2 is 1.79 bits per heavy atom. The molecule has 1 aliphatic rings. The summed E-state index contributed by atoms with van der Waals surface area (Å²) in [6.45, 7) is 7.40. The van der Waals surface area contributed by atoms with Crippen LogP contribution in [0.1, 0.15) is 60.7 Å². The predicted octanol–water partition coefficient (Wildman–Crippen LogP) is 3.99. The molecule has 0 bridgehead atoms. The lowest BCUT2D eigenvalue weighted by atomic mass is 9.90. The van der Waals surface area contributed by atoms with Gasteiger partial charge < -0.3 is 10.1 Å². The standard InChI is InChI=1S/C23H26N2O4/c1-14(2)16-6-9-19(10-7-16)23(4)21(27)25(22(28)24-23)13-18-12-17(15(3)26)8-11-20(18)29-5/h6-12,14H,13H2,1-5H3,(H,24,28)/t23-/m1/s1.